The standard InChI is InChI=1S/C58H43N/c1-57(2)51-29-15-12-28-48(51)50-39-45(38-49(56(50)57)42-22-8-4-9-23-42)59(44-36-34-41(35-37-44)40-20-6-3-7-21-40)55-33-19-18-32-54(55)58(43-24-10-5-11-25-43)52-30-16-13-26-46(52)47-27-14-17-31-53(47)58/h3-39H,1-2H3. The molecule has 0 aliphatic heterocycles. The summed E-state index contributed by atoms with van der Waals surface area (Å²) in [6.07, 6.45) is 0. The fourth-order valence-corrected chi connectivity index (χ4v) is 10.4. The van der Waals surface area contributed by atoms with Gasteiger partial charge in [0.1, 0.15) is 0 Å². The molecule has 2 aliphatic rings. The average molecular weight is 754 g/mol. The fraction of sp³-hybridized carbons (Fsp3) is 0.0690. The molecule has 0 aromatic heterocycles. The number of hydrogen-bond acceptors (Lipinski definition) is 1. The third-order valence-electron chi connectivity index (χ3n) is 12.9. The van der Waals surface area contributed by atoms with Crippen molar-refractivity contribution in [1.82, 2.24) is 0 Å². The second kappa shape index (κ2) is 13.7. The van der Waals surface area contributed by atoms with Gasteiger partial charge in [-0.1, -0.05) is 208 Å². The van der Waals surface area contributed by atoms with Crippen LogP contribution in [0.15, 0.2) is 224 Å². The van der Waals surface area contributed by atoms with E-state index in [0.29, 0.717) is 0 Å². The van der Waals surface area contributed by atoms with Crippen LogP contribution < -0.4 is 4.90 Å². The topological polar surface area (TPSA) is 3.24 Å². The minimum Gasteiger partial charge on any atom is -0.310 e. The second-order valence-corrected chi connectivity index (χ2v) is 16.4. The molecule has 0 N–H and O–H groups in total. The van der Waals surface area contributed by atoms with Crippen LogP contribution >= 0.6 is 0 Å². The maximum atomic E-state index is 2.53. The van der Waals surface area contributed by atoms with Crippen LogP contribution in [0.25, 0.3) is 44.5 Å². The van der Waals surface area contributed by atoms with Crippen molar-refractivity contribution in [3.63, 3.8) is 0 Å². The second-order valence-electron chi connectivity index (χ2n) is 16.4. The van der Waals surface area contributed by atoms with E-state index < -0.39 is 5.41 Å². The summed E-state index contributed by atoms with van der Waals surface area (Å²) >= 11 is 0. The minimum atomic E-state index is -0.582. The van der Waals surface area contributed by atoms with E-state index in [0.717, 1.165) is 17.1 Å². The summed E-state index contributed by atoms with van der Waals surface area (Å²) in [4.78, 5) is 2.53. The first kappa shape index (κ1) is 35.0. The molecule has 0 amide bonds. The lowest BCUT2D eigenvalue weighted by Gasteiger charge is -2.38. The van der Waals surface area contributed by atoms with Crippen molar-refractivity contribution in [2.45, 2.75) is 24.7 Å². The van der Waals surface area contributed by atoms with Gasteiger partial charge in [0.05, 0.1) is 11.1 Å². The molecule has 0 atom stereocenters. The highest BCUT2D eigenvalue weighted by atomic mass is 15.1. The van der Waals surface area contributed by atoms with Gasteiger partial charge in [-0.25, -0.2) is 0 Å². The molecule has 11 rings (SSSR count). The molecule has 1 nitrogen and oxygen atoms in total. The molecule has 0 radical (unpaired) electrons. The maximum Gasteiger partial charge on any atom is 0.0733 e. The van der Waals surface area contributed by atoms with Crippen molar-refractivity contribution in [2.24, 2.45) is 0 Å². The SMILES string of the molecule is CC1(C)c2ccccc2-c2cc(N(c3ccc(-c4ccccc4)cc3)c3ccccc3C3(c4ccccc4)c4ccccc4-c4ccccc43)cc(-c3ccccc3)c21. The Bertz CT molecular complexity index is 2950. The first-order valence-corrected chi connectivity index (χ1v) is 20.7. The number of hydrogen-bond donors (Lipinski definition) is 0. The first-order valence-electron chi connectivity index (χ1n) is 20.7. The van der Waals surface area contributed by atoms with E-state index in [2.05, 4.69) is 243 Å². The molecule has 9 aromatic carbocycles. The quantitative estimate of drug-likeness (QED) is 0.157. The molecule has 0 fully saturated rings. The molecule has 2 aliphatic carbocycles. The number of nitrogens with zero attached hydrogens (tertiary/aromatic N) is 1. The van der Waals surface area contributed by atoms with E-state index in [4.69, 9.17) is 0 Å². The molecule has 0 saturated heterocycles. The van der Waals surface area contributed by atoms with Gasteiger partial charge in [0.25, 0.3) is 0 Å². The molecular formula is C58H43N. The van der Waals surface area contributed by atoms with Gasteiger partial charge in [0.2, 0.25) is 0 Å². The van der Waals surface area contributed by atoms with Crippen LogP contribution in [0.1, 0.15) is 47.2 Å². The van der Waals surface area contributed by atoms with Gasteiger partial charge in [-0.3, -0.25) is 0 Å². The molecule has 1 heteroatoms. The van der Waals surface area contributed by atoms with E-state index in [9.17, 15) is 0 Å². The maximum absolute atomic E-state index is 2.53. The number of para-hydroxylation sites is 1. The number of fused-ring (bicyclic) bond motifs is 6. The summed E-state index contributed by atoms with van der Waals surface area (Å²) in [5.74, 6) is 0. The lowest BCUT2D eigenvalue weighted by atomic mass is 9.67. The zero-order valence-electron chi connectivity index (χ0n) is 33.3. The minimum absolute atomic E-state index is 0.176. The molecule has 0 unspecified atom stereocenters. The van der Waals surface area contributed by atoms with Gasteiger partial charge in [-0.05, 0) is 108 Å². The zero-order valence-corrected chi connectivity index (χ0v) is 33.3. The average Bonchev–Trinajstić information content (AvgIpc) is 3.73. The smallest absolute Gasteiger partial charge is 0.0733 e. The van der Waals surface area contributed by atoms with Crippen LogP contribution in [0.5, 0.6) is 0 Å². The van der Waals surface area contributed by atoms with Crippen LogP contribution in [0, 0.1) is 0 Å². The van der Waals surface area contributed by atoms with Gasteiger partial charge in [-0.15, -0.1) is 0 Å². The normalized spacial score (nSPS) is 13.9. The van der Waals surface area contributed by atoms with Crippen molar-refractivity contribution in [1.29, 1.82) is 0 Å². The highest BCUT2D eigenvalue weighted by molar-refractivity contribution is 5.95. The Kier molecular flexibility index (Phi) is 8.13. The molecule has 0 spiro atoms. The van der Waals surface area contributed by atoms with Gasteiger partial charge in [0, 0.05) is 16.8 Å². The van der Waals surface area contributed by atoms with Crippen LogP contribution in [0.2, 0.25) is 0 Å². The van der Waals surface area contributed by atoms with Gasteiger partial charge < -0.3 is 4.90 Å². The highest BCUT2D eigenvalue weighted by Gasteiger charge is 2.48. The third kappa shape index (κ3) is 5.31. The zero-order chi connectivity index (χ0) is 39.6. The Balaban J connectivity index is 1.24. The first-order chi connectivity index (χ1) is 29.0. The van der Waals surface area contributed by atoms with Crippen molar-refractivity contribution < 1.29 is 0 Å². The summed E-state index contributed by atoms with van der Waals surface area (Å²) in [5.41, 5.74) is 20.5. The van der Waals surface area contributed by atoms with Crippen LogP contribution in [-0.4, -0.2) is 0 Å². The highest BCUT2D eigenvalue weighted by Crippen LogP contribution is 2.60. The van der Waals surface area contributed by atoms with E-state index in [1.807, 2.05) is 0 Å². The largest absolute Gasteiger partial charge is 0.310 e. The molecule has 59 heavy (non-hydrogen) atoms. The van der Waals surface area contributed by atoms with Gasteiger partial charge in [-0.2, -0.15) is 0 Å². The van der Waals surface area contributed by atoms with Crippen molar-refractivity contribution in [3.8, 4) is 44.5 Å². The summed E-state index contributed by atoms with van der Waals surface area (Å²) in [6, 6.07) is 83.1. The van der Waals surface area contributed by atoms with E-state index in [1.54, 1.807) is 0 Å². The molecule has 9 aromatic rings. The van der Waals surface area contributed by atoms with Crippen LogP contribution in [-0.2, 0) is 10.8 Å². The van der Waals surface area contributed by atoms with E-state index in [1.165, 1.54) is 77.9 Å². The summed E-state index contributed by atoms with van der Waals surface area (Å²) in [5, 5.41) is 0. The Hall–Kier alpha value is -7.22. The lowest BCUT2D eigenvalue weighted by Crippen LogP contribution is -2.30. The van der Waals surface area contributed by atoms with Gasteiger partial charge in [0.15, 0.2) is 0 Å². The Morgan fingerprint density at radius 2 is 0.763 bits per heavy atom. The van der Waals surface area contributed by atoms with Gasteiger partial charge >= 0.3 is 0 Å². The number of rotatable bonds is 7. The molecule has 0 heterocycles. The fourth-order valence-electron chi connectivity index (χ4n) is 10.4. The lowest BCUT2D eigenvalue weighted by molar-refractivity contribution is 0.662. The Labute approximate surface area is 347 Å². The summed E-state index contributed by atoms with van der Waals surface area (Å²) in [6.45, 7) is 4.77. The summed E-state index contributed by atoms with van der Waals surface area (Å²) in [7, 11) is 0. The van der Waals surface area contributed by atoms with Crippen LogP contribution in [0.4, 0.5) is 17.1 Å². The molecular weight excluding hydrogens is 711 g/mol. The van der Waals surface area contributed by atoms with Crippen LogP contribution in [0.3, 0.4) is 0 Å². The van der Waals surface area contributed by atoms with E-state index >= 15 is 0 Å². The van der Waals surface area contributed by atoms with Crippen molar-refractivity contribution in [2.75, 3.05) is 4.90 Å². The predicted octanol–water partition coefficient (Wildman–Crippen LogP) is 15.2. The molecule has 0 saturated carbocycles. The molecule has 0 bridgehead atoms. The number of anilines is 3. The molecule has 280 valence electrons. The third-order valence-corrected chi connectivity index (χ3v) is 12.9. The summed E-state index contributed by atoms with van der Waals surface area (Å²) < 4.78 is 0. The van der Waals surface area contributed by atoms with E-state index in [-0.39, 0.29) is 5.41 Å². The monoisotopic (exact) mass is 753 g/mol. The van der Waals surface area contributed by atoms with Crippen molar-refractivity contribution >= 4 is 17.1 Å². The number of benzene rings is 9. The Morgan fingerprint density at radius 3 is 1.37 bits per heavy atom. The Morgan fingerprint density at radius 1 is 0.322 bits per heavy atom. The predicted molar refractivity (Wildman–Crippen MR) is 247 cm³/mol. The van der Waals surface area contributed by atoms with Crippen molar-refractivity contribution in [3.05, 3.63) is 258 Å².